The van der Waals surface area contributed by atoms with E-state index in [1.807, 2.05) is 22.1 Å². The van der Waals surface area contributed by atoms with Crippen LogP contribution in [0.15, 0.2) is 54.5 Å². The summed E-state index contributed by atoms with van der Waals surface area (Å²) in [5.74, 6) is -0.203. The van der Waals surface area contributed by atoms with Crippen LogP contribution in [0, 0.1) is 17.8 Å². The first kappa shape index (κ1) is 30.6. The third kappa shape index (κ3) is 6.40. The molecule has 0 spiro atoms. The first-order valence-corrected chi connectivity index (χ1v) is 16.3. The molecule has 1 saturated carbocycles. The quantitative estimate of drug-likeness (QED) is 0.165. The summed E-state index contributed by atoms with van der Waals surface area (Å²) in [6.45, 7) is 4.87. The zero-order chi connectivity index (χ0) is 30.0. The largest absolute Gasteiger partial charge is 0.384 e. The number of nitrogens with two attached hydrogens (primary N) is 1. The fourth-order valence-electron chi connectivity index (χ4n) is 5.60. The topological polar surface area (TPSA) is 161 Å². The van der Waals surface area contributed by atoms with Gasteiger partial charge in [0, 0.05) is 38.7 Å². The van der Waals surface area contributed by atoms with Gasteiger partial charge in [0.25, 0.3) is 5.91 Å². The summed E-state index contributed by atoms with van der Waals surface area (Å²) < 4.78 is 27.3. The van der Waals surface area contributed by atoms with E-state index in [2.05, 4.69) is 26.5 Å². The molecule has 5 rings (SSSR count). The number of hydrogen-bond acceptors (Lipinski definition) is 10. The number of imidazole rings is 2. The van der Waals surface area contributed by atoms with E-state index in [1.165, 1.54) is 6.20 Å². The van der Waals surface area contributed by atoms with Gasteiger partial charge >= 0.3 is 6.72 Å². The van der Waals surface area contributed by atoms with E-state index >= 15 is 0 Å². The van der Waals surface area contributed by atoms with Gasteiger partial charge in [0.15, 0.2) is 16.8 Å². The maximum atomic E-state index is 11.2. The molecule has 0 radical (unpaired) electrons. The summed E-state index contributed by atoms with van der Waals surface area (Å²) in [5, 5.41) is 0. The van der Waals surface area contributed by atoms with Crippen molar-refractivity contribution in [3.05, 3.63) is 49.5 Å². The first-order valence-electron chi connectivity index (χ1n) is 13.8. The van der Waals surface area contributed by atoms with Crippen LogP contribution in [-0.2, 0) is 35.1 Å². The molecule has 4 heterocycles. The summed E-state index contributed by atoms with van der Waals surface area (Å²) in [6.07, 6.45) is 11.0. The van der Waals surface area contributed by atoms with E-state index in [4.69, 9.17) is 36.1 Å². The number of rotatable bonds is 13. The number of methoxy groups -OCH3 is 1. The molecule has 13 nitrogen and oxygen atoms in total. The number of amides is 1. The van der Waals surface area contributed by atoms with Crippen molar-refractivity contribution in [1.29, 1.82) is 0 Å². The highest BCUT2D eigenvalue weighted by Crippen LogP contribution is 2.52. The van der Waals surface area contributed by atoms with Crippen LogP contribution in [0.2, 0.25) is 0 Å². The van der Waals surface area contributed by atoms with Crippen LogP contribution in [0.4, 0.5) is 0 Å². The van der Waals surface area contributed by atoms with E-state index in [9.17, 15) is 9.69 Å². The molecule has 3 aromatic heterocycles. The van der Waals surface area contributed by atoms with Gasteiger partial charge < -0.3 is 29.1 Å². The third-order valence-electron chi connectivity index (χ3n) is 7.99. The standard InChI is InChI=1S/C27H36N7O6PS/c1-5-21-22(11-23(39-21)34-15-31-24-26-30-8-9-33(26)14-32-27(24)34)40-41(36,42)38-12-18-10-19(20(18)13-37-4)16(2)6-7-29-17(3)25(28)35/h6-9,14-15,18-23H,2,5,10-13H2,1,3-4H3,(H2,28,35)(H,36,42)/b7-6-,29-17?/t18-,19+,20-,21-,22+,23-,41?/m1/s1. The summed E-state index contributed by atoms with van der Waals surface area (Å²) in [6, 6.07) is 0. The minimum atomic E-state index is -3.57. The van der Waals surface area contributed by atoms with Crippen molar-refractivity contribution in [3.63, 3.8) is 0 Å². The van der Waals surface area contributed by atoms with Crippen molar-refractivity contribution in [2.75, 3.05) is 20.3 Å². The van der Waals surface area contributed by atoms with E-state index in [0.29, 0.717) is 36.3 Å². The van der Waals surface area contributed by atoms with Gasteiger partial charge in [-0.3, -0.25) is 18.8 Å². The summed E-state index contributed by atoms with van der Waals surface area (Å²) in [7, 11) is 1.64. The molecule has 2 aliphatic rings. The zero-order valence-electron chi connectivity index (χ0n) is 23.8. The van der Waals surface area contributed by atoms with Crippen LogP contribution >= 0.6 is 6.72 Å². The first-order chi connectivity index (χ1) is 20.1. The molecule has 0 bridgehead atoms. The van der Waals surface area contributed by atoms with Gasteiger partial charge in [-0.2, -0.15) is 0 Å². The number of aliphatic imine (C=N–C) groups is 1. The fourth-order valence-corrected chi connectivity index (χ4v) is 7.12. The van der Waals surface area contributed by atoms with Gasteiger partial charge in [-0.1, -0.05) is 19.1 Å². The lowest BCUT2D eigenvalue weighted by Crippen LogP contribution is -2.42. The molecule has 3 aromatic rings. The Morgan fingerprint density at radius 2 is 2.12 bits per heavy atom. The Morgan fingerprint density at radius 3 is 2.86 bits per heavy atom. The number of hydrogen-bond donors (Lipinski definition) is 2. The van der Waals surface area contributed by atoms with Crippen LogP contribution in [0.5, 0.6) is 0 Å². The van der Waals surface area contributed by atoms with E-state index in [-0.39, 0.29) is 36.2 Å². The highest BCUT2D eigenvalue weighted by atomic mass is 32.5. The summed E-state index contributed by atoms with van der Waals surface area (Å²) in [4.78, 5) is 39.6. The molecular weight excluding hydrogens is 581 g/mol. The average molecular weight is 618 g/mol. The highest BCUT2D eigenvalue weighted by Gasteiger charge is 2.44. The average Bonchev–Trinajstić information content (AvgIpc) is 3.68. The van der Waals surface area contributed by atoms with Crippen molar-refractivity contribution in [2.45, 2.75) is 51.5 Å². The van der Waals surface area contributed by atoms with Crippen molar-refractivity contribution < 1.29 is 28.2 Å². The molecule has 1 aliphatic heterocycles. The molecule has 1 amide bonds. The number of aromatic nitrogens is 5. The van der Waals surface area contributed by atoms with Crippen LogP contribution in [-0.4, -0.2) is 73.0 Å². The molecular formula is C27H36N7O6PS. The Kier molecular flexibility index (Phi) is 9.33. The predicted octanol–water partition coefficient (Wildman–Crippen LogP) is 3.31. The lowest BCUT2D eigenvalue weighted by molar-refractivity contribution is -0.112. The number of fused-ring (bicyclic) bond motifs is 3. The van der Waals surface area contributed by atoms with E-state index in [1.54, 1.807) is 39.0 Å². The third-order valence-corrected chi connectivity index (χ3v) is 9.58. The second-order valence-electron chi connectivity index (χ2n) is 10.6. The van der Waals surface area contributed by atoms with E-state index < -0.39 is 25.0 Å². The number of allylic oxidation sites excluding steroid dienone is 2. The maximum absolute atomic E-state index is 11.2. The van der Waals surface area contributed by atoms with Crippen molar-refractivity contribution in [1.82, 2.24) is 23.9 Å². The molecule has 1 saturated heterocycles. The minimum absolute atomic E-state index is 0.103. The SMILES string of the molecule is C=C(/C=C\N=C(C)C(N)=O)[C@@H]1C[C@H](COP(O)(=S)O[C@H]2C[C@H](n3cnc4c3ncn3ccnc43)O[C@@H]2CC)[C@H]1COC. The molecule has 42 heavy (non-hydrogen) atoms. The molecule has 1 unspecified atom stereocenters. The van der Waals surface area contributed by atoms with Crippen molar-refractivity contribution >= 4 is 47.0 Å². The Hall–Kier alpha value is -2.84. The molecule has 7 atom stereocenters. The number of ether oxygens (including phenoxy) is 2. The van der Waals surface area contributed by atoms with Gasteiger partial charge in [-0.15, -0.1) is 0 Å². The molecule has 226 valence electrons. The molecule has 0 aromatic carbocycles. The van der Waals surface area contributed by atoms with Crippen molar-refractivity contribution in [3.8, 4) is 0 Å². The van der Waals surface area contributed by atoms with Gasteiger partial charge in [-0.05, 0) is 55.4 Å². The zero-order valence-corrected chi connectivity index (χ0v) is 25.5. The lowest BCUT2D eigenvalue weighted by atomic mass is 9.62. The Labute approximate surface area is 248 Å². The lowest BCUT2D eigenvalue weighted by Gasteiger charge is -2.45. The highest BCUT2D eigenvalue weighted by molar-refractivity contribution is 8.07. The van der Waals surface area contributed by atoms with Gasteiger partial charge in [-0.25, -0.2) is 15.0 Å². The molecule has 3 N–H and O–H groups in total. The van der Waals surface area contributed by atoms with E-state index in [0.717, 1.165) is 12.0 Å². The monoisotopic (exact) mass is 617 g/mol. The second-order valence-corrected chi connectivity index (χ2v) is 13.4. The van der Waals surface area contributed by atoms with Crippen LogP contribution < -0.4 is 5.73 Å². The van der Waals surface area contributed by atoms with Gasteiger partial charge in [0.2, 0.25) is 0 Å². The predicted molar refractivity (Wildman–Crippen MR) is 160 cm³/mol. The van der Waals surface area contributed by atoms with Gasteiger partial charge in [0.05, 0.1) is 25.1 Å². The molecule has 1 aliphatic carbocycles. The maximum Gasteiger partial charge on any atom is 0.324 e. The number of nitrogens with zero attached hydrogens (tertiary/aromatic N) is 6. The number of primary amides is 1. The second kappa shape index (κ2) is 12.8. The Morgan fingerprint density at radius 1 is 1.31 bits per heavy atom. The Bertz CT molecular complexity index is 1570. The van der Waals surface area contributed by atoms with Crippen LogP contribution in [0.25, 0.3) is 16.8 Å². The minimum Gasteiger partial charge on any atom is -0.384 e. The summed E-state index contributed by atoms with van der Waals surface area (Å²) in [5.41, 5.74) is 8.35. The smallest absolute Gasteiger partial charge is 0.324 e. The summed E-state index contributed by atoms with van der Waals surface area (Å²) >= 11 is 5.43. The number of carbonyl (C=O) groups is 1. The van der Waals surface area contributed by atoms with Crippen LogP contribution in [0.3, 0.4) is 0 Å². The van der Waals surface area contributed by atoms with Gasteiger partial charge in [0.1, 0.15) is 18.3 Å². The van der Waals surface area contributed by atoms with Crippen LogP contribution in [0.1, 0.15) is 39.3 Å². The Balaban J connectivity index is 1.18. The molecule has 15 heteroatoms. The molecule has 2 fully saturated rings. The fraction of sp³-hybridized carbons (Fsp3) is 0.519. The number of carbonyl (C=O) groups excluding carboxylic acids is 1. The normalized spacial score (nSPS) is 28.0. The van der Waals surface area contributed by atoms with Crippen molar-refractivity contribution in [2.24, 2.45) is 28.5 Å².